The first-order chi connectivity index (χ1) is 12.1. The summed E-state index contributed by atoms with van der Waals surface area (Å²) < 4.78 is 13.2. The van der Waals surface area contributed by atoms with E-state index in [0.29, 0.717) is 0 Å². The van der Waals surface area contributed by atoms with Gasteiger partial charge in [0.2, 0.25) is 5.91 Å². The molecule has 0 radical (unpaired) electrons. The molecule has 0 spiro atoms. The number of aromatic nitrogens is 1. The van der Waals surface area contributed by atoms with E-state index >= 15 is 0 Å². The highest BCUT2D eigenvalue weighted by Crippen LogP contribution is 2.26. The molecule has 5 nitrogen and oxygen atoms in total. The molecule has 2 unspecified atom stereocenters. The van der Waals surface area contributed by atoms with Gasteiger partial charge in [-0.25, -0.2) is 4.39 Å². The number of pyridine rings is 1. The van der Waals surface area contributed by atoms with Crippen LogP contribution < -0.4 is 5.73 Å². The highest BCUT2D eigenvalue weighted by Gasteiger charge is 2.30. The zero-order valence-corrected chi connectivity index (χ0v) is 14.3. The van der Waals surface area contributed by atoms with E-state index in [2.05, 4.69) is 27.8 Å². The molecule has 132 valence electrons. The lowest BCUT2D eigenvalue weighted by Crippen LogP contribution is -2.50. The van der Waals surface area contributed by atoms with Gasteiger partial charge in [-0.05, 0) is 36.2 Å². The van der Waals surface area contributed by atoms with E-state index in [9.17, 15) is 9.18 Å². The van der Waals surface area contributed by atoms with E-state index in [-0.39, 0.29) is 11.9 Å². The molecule has 6 heteroatoms. The second-order valence-electron chi connectivity index (χ2n) is 6.39. The maximum atomic E-state index is 13.2. The number of rotatable bonds is 5. The van der Waals surface area contributed by atoms with Gasteiger partial charge in [-0.1, -0.05) is 18.2 Å². The maximum Gasteiger partial charge on any atom is 0.239 e. The largest absolute Gasteiger partial charge is 0.368 e. The third-order valence-corrected chi connectivity index (χ3v) is 4.88. The molecule has 1 amide bonds. The van der Waals surface area contributed by atoms with E-state index in [1.165, 1.54) is 17.7 Å². The molecule has 1 aliphatic rings. The van der Waals surface area contributed by atoms with E-state index in [4.69, 9.17) is 5.73 Å². The van der Waals surface area contributed by atoms with Crippen molar-refractivity contribution in [2.24, 2.45) is 5.73 Å². The Bertz CT molecular complexity index is 699. The summed E-state index contributed by atoms with van der Waals surface area (Å²) >= 11 is 0. The Morgan fingerprint density at radius 3 is 2.28 bits per heavy atom. The Balaban J connectivity index is 1.67. The third kappa shape index (κ3) is 4.03. The number of benzene rings is 1. The molecule has 1 aromatic heterocycles. The fourth-order valence-electron chi connectivity index (χ4n) is 3.42. The van der Waals surface area contributed by atoms with Crippen molar-refractivity contribution in [2.75, 3.05) is 26.2 Å². The van der Waals surface area contributed by atoms with Crippen LogP contribution in [0.15, 0.2) is 48.8 Å². The Morgan fingerprint density at radius 1 is 1.08 bits per heavy atom. The van der Waals surface area contributed by atoms with Crippen LogP contribution in [0.2, 0.25) is 0 Å². The van der Waals surface area contributed by atoms with Crippen molar-refractivity contribution in [1.29, 1.82) is 0 Å². The van der Waals surface area contributed by atoms with Gasteiger partial charge in [-0.15, -0.1) is 0 Å². The van der Waals surface area contributed by atoms with E-state index < -0.39 is 11.9 Å². The van der Waals surface area contributed by atoms with Crippen LogP contribution in [0.4, 0.5) is 4.39 Å². The average Bonchev–Trinajstić information content (AvgIpc) is 2.64. The van der Waals surface area contributed by atoms with Crippen molar-refractivity contribution in [3.05, 3.63) is 65.7 Å². The molecular weight excluding hydrogens is 319 g/mol. The second kappa shape index (κ2) is 7.72. The van der Waals surface area contributed by atoms with Gasteiger partial charge in [0.15, 0.2) is 0 Å². The Labute approximate surface area is 147 Å². The lowest BCUT2D eigenvalue weighted by Gasteiger charge is -2.40. The lowest BCUT2D eigenvalue weighted by molar-refractivity contribution is -0.124. The van der Waals surface area contributed by atoms with Crippen LogP contribution in [0.3, 0.4) is 0 Å². The first-order valence-corrected chi connectivity index (χ1v) is 8.49. The van der Waals surface area contributed by atoms with Crippen molar-refractivity contribution in [2.45, 2.75) is 19.0 Å². The van der Waals surface area contributed by atoms with Crippen LogP contribution >= 0.6 is 0 Å². The van der Waals surface area contributed by atoms with Gasteiger partial charge in [-0.2, -0.15) is 0 Å². The number of piperazine rings is 1. The Hall–Kier alpha value is -2.31. The van der Waals surface area contributed by atoms with Crippen molar-refractivity contribution in [3.63, 3.8) is 0 Å². The number of nitrogens with two attached hydrogens (primary N) is 1. The molecule has 2 heterocycles. The second-order valence-corrected chi connectivity index (χ2v) is 6.39. The number of carbonyl (C=O) groups is 1. The zero-order chi connectivity index (χ0) is 17.8. The van der Waals surface area contributed by atoms with Crippen molar-refractivity contribution >= 4 is 5.91 Å². The molecule has 1 aromatic carbocycles. The quantitative estimate of drug-likeness (QED) is 0.904. The molecule has 0 saturated carbocycles. The molecule has 1 saturated heterocycles. The summed E-state index contributed by atoms with van der Waals surface area (Å²) in [6.07, 6.45) is 3.66. The molecular formula is C19H23FN4O. The number of primary amides is 1. The van der Waals surface area contributed by atoms with Gasteiger partial charge in [0.1, 0.15) is 11.9 Å². The number of hydrogen-bond acceptors (Lipinski definition) is 4. The van der Waals surface area contributed by atoms with Gasteiger partial charge in [0, 0.05) is 44.6 Å². The fraction of sp³-hybridized carbons (Fsp3) is 0.368. The summed E-state index contributed by atoms with van der Waals surface area (Å²) in [6.45, 7) is 5.30. The van der Waals surface area contributed by atoms with E-state index in [1.54, 1.807) is 18.3 Å². The summed E-state index contributed by atoms with van der Waals surface area (Å²) in [6, 6.07) is 9.78. The third-order valence-electron chi connectivity index (χ3n) is 4.88. The van der Waals surface area contributed by atoms with E-state index in [1.807, 2.05) is 12.3 Å². The van der Waals surface area contributed by atoms with Crippen LogP contribution in [0, 0.1) is 5.82 Å². The minimum Gasteiger partial charge on any atom is -0.368 e. The van der Waals surface area contributed by atoms with Crippen LogP contribution in [0.25, 0.3) is 0 Å². The number of carbonyl (C=O) groups excluding carboxylic acids is 1. The number of halogens is 1. The highest BCUT2D eigenvalue weighted by molar-refractivity contribution is 5.81. The summed E-state index contributed by atoms with van der Waals surface area (Å²) in [5.74, 6) is -0.720. The first-order valence-electron chi connectivity index (χ1n) is 8.49. The molecule has 3 rings (SSSR count). The van der Waals surface area contributed by atoms with E-state index in [0.717, 1.165) is 31.7 Å². The summed E-state index contributed by atoms with van der Waals surface area (Å²) in [5.41, 5.74) is 7.55. The molecule has 2 atom stereocenters. The minimum absolute atomic E-state index is 0.272. The van der Waals surface area contributed by atoms with Crippen molar-refractivity contribution < 1.29 is 9.18 Å². The molecule has 25 heavy (non-hydrogen) atoms. The van der Waals surface area contributed by atoms with Crippen LogP contribution in [0.1, 0.15) is 30.1 Å². The zero-order valence-electron chi connectivity index (χ0n) is 14.3. The van der Waals surface area contributed by atoms with Gasteiger partial charge >= 0.3 is 0 Å². The predicted octanol–water partition coefficient (Wildman–Crippen LogP) is 2.13. The van der Waals surface area contributed by atoms with Crippen LogP contribution in [-0.4, -0.2) is 46.9 Å². The highest BCUT2D eigenvalue weighted by atomic mass is 19.1. The minimum atomic E-state index is -0.517. The molecule has 0 aliphatic carbocycles. The van der Waals surface area contributed by atoms with Crippen LogP contribution in [0.5, 0.6) is 0 Å². The van der Waals surface area contributed by atoms with Gasteiger partial charge in [0.25, 0.3) is 0 Å². The molecule has 2 aromatic rings. The van der Waals surface area contributed by atoms with Crippen molar-refractivity contribution in [1.82, 2.24) is 14.8 Å². The summed E-state index contributed by atoms with van der Waals surface area (Å²) in [5, 5.41) is 0. The maximum absolute atomic E-state index is 13.2. The predicted molar refractivity (Wildman–Crippen MR) is 94.1 cm³/mol. The fourth-order valence-corrected chi connectivity index (χ4v) is 3.42. The number of hydrogen-bond donors (Lipinski definition) is 1. The SMILES string of the molecule is CC(c1cccnc1)N1CCN(C(C(N)=O)c2ccc(F)cc2)CC1. The molecule has 1 aliphatic heterocycles. The van der Waals surface area contributed by atoms with Crippen LogP contribution in [-0.2, 0) is 4.79 Å². The topological polar surface area (TPSA) is 62.5 Å². The van der Waals surface area contributed by atoms with Gasteiger partial charge in [-0.3, -0.25) is 19.6 Å². The molecule has 1 fully saturated rings. The standard InChI is InChI=1S/C19H23FN4O/c1-14(16-3-2-8-22-13-16)23-9-11-24(12-10-23)18(19(21)25)15-4-6-17(20)7-5-15/h2-8,13-14,18H,9-12H2,1H3,(H2,21,25). The normalized spacial score (nSPS) is 18.6. The Kier molecular flexibility index (Phi) is 5.40. The monoisotopic (exact) mass is 342 g/mol. The molecule has 2 N–H and O–H groups in total. The first kappa shape index (κ1) is 17.5. The number of amides is 1. The van der Waals surface area contributed by atoms with Gasteiger partial charge < -0.3 is 5.73 Å². The average molecular weight is 342 g/mol. The lowest BCUT2D eigenvalue weighted by atomic mass is 10.0. The molecule has 0 bridgehead atoms. The summed E-state index contributed by atoms with van der Waals surface area (Å²) in [4.78, 5) is 20.6. The smallest absolute Gasteiger partial charge is 0.239 e. The van der Waals surface area contributed by atoms with Crippen molar-refractivity contribution in [3.8, 4) is 0 Å². The number of nitrogens with zero attached hydrogens (tertiary/aromatic N) is 3. The Morgan fingerprint density at radius 2 is 1.72 bits per heavy atom. The summed E-state index contributed by atoms with van der Waals surface area (Å²) in [7, 11) is 0. The van der Waals surface area contributed by atoms with Gasteiger partial charge in [0.05, 0.1) is 0 Å².